The van der Waals surface area contributed by atoms with Gasteiger partial charge in [-0.15, -0.1) is 0 Å². The van der Waals surface area contributed by atoms with Gasteiger partial charge in [0.2, 0.25) is 0 Å². The molecule has 1 saturated carbocycles. The van der Waals surface area contributed by atoms with E-state index in [0.29, 0.717) is 0 Å². The summed E-state index contributed by atoms with van der Waals surface area (Å²) in [4.78, 5) is 2.78. The summed E-state index contributed by atoms with van der Waals surface area (Å²) < 4.78 is 0. The highest BCUT2D eigenvalue weighted by Gasteiger charge is 2.33. The summed E-state index contributed by atoms with van der Waals surface area (Å²) in [5.74, 6) is 2.14. The summed E-state index contributed by atoms with van der Waals surface area (Å²) in [6.07, 6.45) is 17.7. The van der Waals surface area contributed by atoms with E-state index in [0.717, 1.165) is 11.8 Å². The minimum Gasteiger partial charge on any atom is -0.303 e. The highest BCUT2D eigenvalue weighted by Crippen LogP contribution is 2.35. The van der Waals surface area contributed by atoms with Crippen molar-refractivity contribution in [1.29, 1.82) is 0 Å². The van der Waals surface area contributed by atoms with Crippen LogP contribution in [0.3, 0.4) is 0 Å². The first kappa shape index (κ1) is 15.4. The molecule has 2 rings (SSSR count). The summed E-state index contributed by atoms with van der Waals surface area (Å²) in [5.41, 5.74) is 0. The molecular formula is C18H35N. The van der Waals surface area contributed by atoms with Crippen molar-refractivity contribution in [1.82, 2.24) is 4.90 Å². The molecule has 1 heteroatoms. The highest BCUT2D eigenvalue weighted by atomic mass is 15.1. The molecule has 0 spiro atoms. The Bertz CT molecular complexity index is 212. The Morgan fingerprint density at radius 2 is 1.26 bits per heavy atom. The second kappa shape index (κ2) is 9.00. The van der Waals surface area contributed by atoms with Crippen LogP contribution in [0, 0.1) is 11.8 Å². The van der Waals surface area contributed by atoms with Gasteiger partial charge in [0.15, 0.2) is 0 Å². The Kier molecular flexibility index (Phi) is 7.27. The zero-order valence-corrected chi connectivity index (χ0v) is 13.2. The number of hydrogen-bond acceptors (Lipinski definition) is 1. The molecular weight excluding hydrogens is 230 g/mol. The zero-order chi connectivity index (χ0) is 13.3. The zero-order valence-electron chi connectivity index (χ0n) is 13.2. The van der Waals surface area contributed by atoms with Crippen LogP contribution in [-0.2, 0) is 0 Å². The van der Waals surface area contributed by atoms with E-state index in [-0.39, 0.29) is 0 Å². The lowest BCUT2D eigenvalue weighted by Crippen LogP contribution is -2.22. The lowest BCUT2D eigenvalue weighted by atomic mass is 9.82. The van der Waals surface area contributed by atoms with Gasteiger partial charge < -0.3 is 4.90 Å². The first-order valence-corrected chi connectivity index (χ1v) is 9.12. The molecule has 1 aliphatic heterocycles. The fourth-order valence-electron chi connectivity index (χ4n) is 4.15. The Balaban J connectivity index is 1.43. The Hall–Kier alpha value is -0.0400. The van der Waals surface area contributed by atoms with Crippen LogP contribution in [0.2, 0.25) is 0 Å². The molecule has 112 valence electrons. The molecule has 0 aromatic heterocycles. The van der Waals surface area contributed by atoms with Gasteiger partial charge in [0.05, 0.1) is 0 Å². The van der Waals surface area contributed by atoms with Crippen molar-refractivity contribution < 1.29 is 0 Å². The van der Waals surface area contributed by atoms with Crippen LogP contribution in [-0.4, -0.2) is 24.5 Å². The standard InChI is InChI=1S/C18H35N/c1-2-3-4-5-6-7-8-11-14-19-15-17-12-9-10-13-18(17)16-19/h17-18H,2-16H2,1H3. The van der Waals surface area contributed by atoms with Gasteiger partial charge in [-0.05, 0) is 37.6 Å². The summed E-state index contributed by atoms with van der Waals surface area (Å²) in [5, 5.41) is 0. The summed E-state index contributed by atoms with van der Waals surface area (Å²) in [6, 6.07) is 0. The first-order chi connectivity index (χ1) is 9.40. The molecule has 0 N–H and O–H groups in total. The Labute approximate surface area is 121 Å². The molecule has 0 aromatic carbocycles. The van der Waals surface area contributed by atoms with Gasteiger partial charge in [-0.25, -0.2) is 0 Å². The quantitative estimate of drug-likeness (QED) is 0.515. The van der Waals surface area contributed by atoms with Crippen LogP contribution in [0.15, 0.2) is 0 Å². The number of nitrogens with zero attached hydrogens (tertiary/aromatic N) is 1. The Morgan fingerprint density at radius 3 is 1.84 bits per heavy atom. The molecule has 1 nitrogen and oxygen atoms in total. The third kappa shape index (κ3) is 5.45. The minimum absolute atomic E-state index is 1.07. The van der Waals surface area contributed by atoms with Crippen LogP contribution in [0.5, 0.6) is 0 Å². The smallest absolute Gasteiger partial charge is 0.00129 e. The summed E-state index contributed by atoms with van der Waals surface area (Å²) in [6.45, 7) is 6.55. The molecule has 2 fully saturated rings. The van der Waals surface area contributed by atoms with Gasteiger partial charge in [0.25, 0.3) is 0 Å². The molecule has 0 aromatic rings. The number of fused-ring (bicyclic) bond motifs is 1. The number of rotatable bonds is 9. The summed E-state index contributed by atoms with van der Waals surface area (Å²) >= 11 is 0. The van der Waals surface area contributed by atoms with E-state index in [4.69, 9.17) is 0 Å². The van der Waals surface area contributed by atoms with Gasteiger partial charge >= 0.3 is 0 Å². The molecule has 0 amide bonds. The number of unbranched alkanes of at least 4 members (excludes halogenated alkanes) is 7. The SMILES string of the molecule is CCCCCCCCCCN1CC2CCCCC2C1. The van der Waals surface area contributed by atoms with Gasteiger partial charge in [-0.1, -0.05) is 64.7 Å². The number of likely N-dealkylation sites (tertiary alicyclic amines) is 1. The number of hydrogen-bond donors (Lipinski definition) is 0. The third-order valence-corrected chi connectivity index (χ3v) is 5.38. The molecule has 1 heterocycles. The van der Waals surface area contributed by atoms with E-state index in [1.165, 1.54) is 96.7 Å². The summed E-state index contributed by atoms with van der Waals surface area (Å²) in [7, 11) is 0. The van der Waals surface area contributed by atoms with Gasteiger partial charge in [0, 0.05) is 13.1 Å². The molecule has 19 heavy (non-hydrogen) atoms. The van der Waals surface area contributed by atoms with E-state index in [1.54, 1.807) is 0 Å². The van der Waals surface area contributed by atoms with Crippen molar-refractivity contribution in [2.45, 2.75) is 84.0 Å². The predicted octanol–water partition coefficient (Wildman–Crippen LogP) is 5.25. The highest BCUT2D eigenvalue weighted by molar-refractivity contribution is 4.86. The molecule has 0 radical (unpaired) electrons. The van der Waals surface area contributed by atoms with Crippen LogP contribution >= 0.6 is 0 Å². The van der Waals surface area contributed by atoms with Crippen molar-refractivity contribution in [3.63, 3.8) is 0 Å². The molecule has 2 atom stereocenters. The monoisotopic (exact) mass is 265 g/mol. The maximum atomic E-state index is 2.78. The maximum Gasteiger partial charge on any atom is 0.00129 e. The van der Waals surface area contributed by atoms with Crippen LogP contribution in [0.1, 0.15) is 84.0 Å². The Morgan fingerprint density at radius 1 is 0.737 bits per heavy atom. The van der Waals surface area contributed by atoms with E-state index < -0.39 is 0 Å². The molecule has 1 aliphatic carbocycles. The second-order valence-electron chi connectivity index (χ2n) is 7.04. The van der Waals surface area contributed by atoms with Crippen molar-refractivity contribution in [3.8, 4) is 0 Å². The van der Waals surface area contributed by atoms with Gasteiger partial charge in [0.1, 0.15) is 0 Å². The van der Waals surface area contributed by atoms with Gasteiger partial charge in [-0.2, -0.15) is 0 Å². The lowest BCUT2D eigenvalue weighted by Gasteiger charge is -2.23. The fraction of sp³-hybridized carbons (Fsp3) is 1.00. The van der Waals surface area contributed by atoms with Gasteiger partial charge in [-0.3, -0.25) is 0 Å². The maximum absolute atomic E-state index is 2.78. The average molecular weight is 265 g/mol. The predicted molar refractivity (Wildman–Crippen MR) is 84.5 cm³/mol. The molecule has 0 bridgehead atoms. The van der Waals surface area contributed by atoms with E-state index in [9.17, 15) is 0 Å². The average Bonchev–Trinajstić information content (AvgIpc) is 2.84. The largest absolute Gasteiger partial charge is 0.303 e. The van der Waals surface area contributed by atoms with Crippen molar-refractivity contribution in [2.24, 2.45) is 11.8 Å². The van der Waals surface area contributed by atoms with E-state index in [2.05, 4.69) is 11.8 Å². The normalized spacial score (nSPS) is 27.6. The lowest BCUT2D eigenvalue weighted by molar-refractivity contribution is 0.299. The van der Waals surface area contributed by atoms with Crippen molar-refractivity contribution >= 4 is 0 Å². The van der Waals surface area contributed by atoms with E-state index in [1.807, 2.05) is 0 Å². The molecule has 2 aliphatic rings. The molecule has 1 saturated heterocycles. The first-order valence-electron chi connectivity index (χ1n) is 9.12. The molecule has 2 unspecified atom stereocenters. The van der Waals surface area contributed by atoms with Crippen LogP contribution in [0.25, 0.3) is 0 Å². The van der Waals surface area contributed by atoms with E-state index >= 15 is 0 Å². The van der Waals surface area contributed by atoms with Crippen LogP contribution < -0.4 is 0 Å². The minimum atomic E-state index is 1.07. The third-order valence-electron chi connectivity index (χ3n) is 5.38. The van der Waals surface area contributed by atoms with Crippen molar-refractivity contribution in [3.05, 3.63) is 0 Å². The second-order valence-corrected chi connectivity index (χ2v) is 7.04. The fourth-order valence-corrected chi connectivity index (χ4v) is 4.15. The van der Waals surface area contributed by atoms with Crippen LogP contribution in [0.4, 0.5) is 0 Å². The topological polar surface area (TPSA) is 3.24 Å². The van der Waals surface area contributed by atoms with Crippen molar-refractivity contribution in [2.75, 3.05) is 19.6 Å².